The van der Waals surface area contributed by atoms with E-state index in [4.69, 9.17) is 5.11 Å². The molecule has 1 aliphatic carbocycles. The van der Waals surface area contributed by atoms with Crippen LogP contribution in [0.5, 0.6) is 0 Å². The fraction of sp³-hybridized carbons (Fsp3) is 0.385. The summed E-state index contributed by atoms with van der Waals surface area (Å²) in [5, 5.41) is 13.4. The Morgan fingerprint density at radius 2 is 1.76 bits per heavy atom. The van der Waals surface area contributed by atoms with E-state index in [1.165, 1.54) is 0 Å². The summed E-state index contributed by atoms with van der Waals surface area (Å²) in [4.78, 5) is 22.4. The SMILES string of the molecule is O=C(Nc1cc(F)c(F)cc1F)N[C@H]1CC[C@@H](C(=O)O)C1. The Morgan fingerprint density at radius 1 is 1.10 bits per heavy atom. The van der Waals surface area contributed by atoms with Gasteiger partial charge in [-0.15, -0.1) is 0 Å². The highest BCUT2D eigenvalue weighted by Gasteiger charge is 2.30. The van der Waals surface area contributed by atoms with Crippen LogP contribution in [-0.4, -0.2) is 23.1 Å². The Kier molecular flexibility index (Phi) is 4.35. The summed E-state index contributed by atoms with van der Waals surface area (Å²) in [7, 11) is 0. The molecule has 114 valence electrons. The number of nitrogens with one attached hydrogen (secondary N) is 2. The molecule has 0 aromatic heterocycles. The first-order valence-corrected chi connectivity index (χ1v) is 6.31. The Balaban J connectivity index is 1.94. The number of carbonyl (C=O) groups excluding carboxylic acids is 1. The Hall–Kier alpha value is -2.25. The molecular weight excluding hydrogens is 289 g/mol. The second-order valence-electron chi connectivity index (χ2n) is 4.89. The first-order valence-electron chi connectivity index (χ1n) is 6.31. The molecule has 0 saturated heterocycles. The highest BCUT2D eigenvalue weighted by Crippen LogP contribution is 2.26. The molecule has 3 N–H and O–H groups in total. The quantitative estimate of drug-likeness (QED) is 0.751. The smallest absolute Gasteiger partial charge is 0.319 e. The number of urea groups is 1. The molecule has 1 fully saturated rings. The molecule has 0 heterocycles. The van der Waals surface area contributed by atoms with Crippen LogP contribution in [0.25, 0.3) is 0 Å². The topological polar surface area (TPSA) is 78.4 Å². The van der Waals surface area contributed by atoms with Gasteiger partial charge in [0.2, 0.25) is 0 Å². The molecule has 2 rings (SSSR count). The molecule has 8 heteroatoms. The van der Waals surface area contributed by atoms with Crippen molar-refractivity contribution in [3.05, 3.63) is 29.6 Å². The third-order valence-corrected chi connectivity index (χ3v) is 3.38. The molecule has 0 bridgehead atoms. The van der Waals surface area contributed by atoms with E-state index in [0.29, 0.717) is 25.0 Å². The number of benzene rings is 1. The fourth-order valence-electron chi connectivity index (χ4n) is 2.30. The largest absolute Gasteiger partial charge is 0.481 e. The lowest BCUT2D eigenvalue weighted by molar-refractivity contribution is -0.141. The molecule has 1 aromatic rings. The van der Waals surface area contributed by atoms with Crippen molar-refractivity contribution in [3.8, 4) is 0 Å². The minimum Gasteiger partial charge on any atom is -0.481 e. The van der Waals surface area contributed by atoms with Crippen molar-refractivity contribution in [2.24, 2.45) is 5.92 Å². The number of rotatable bonds is 3. The monoisotopic (exact) mass is 302 g/mol. The highest BCUT2D eigenvalue weighted by atomic mass is 19.2. The van der Waals surface area contributed by atoms with E-state index in [-0.39, 0.29) is 12.5 Å². The molecule has 1 saturated carbocycles. The number of hydrogen-bond donors (Lipinski definition) is 3. The molecule has 2 atom stereocenters. The Bertz CT molecular complexity index is 580. The average molecular weight is 302 g/mol. The van der Waals surface area contributed by atoms with Crippen molar-refractivity contribution in [2.45, 2.75) is 25.3 Å². The number of anilines is 1. The molecule has 0 spiro atoms. The maximum absolute atomic E-state index is 13.3. The van der Waals surface area contributed by atoms with E-state index >= 15 is 0 Å². The van der Waals surface area contributed by atoms with Gasteiger partial charge in [-0.3, -0.25) is 4.79 Å². The molecule has 0 unspecified atom stereocenters. The van der Waals surface area contributed by atoms with Crippen LogP contribution < -0.4 is 10.6 Å². The number of aliphatic carboxylic acids is 1. The van der Waals surface area contributed by atoms with Crippen LogP contribution in [0.3, 0.4) is 0 Å². The minimum atomic E-state index is -1.35. The van der Waals surface area contributed by atoms with Gasteiger partial charge in [-0.2, -0.15) is 0 Å². The van der Waals surface area contributed by atoms with Crippen LogP contribution in [-0.2, 0) is 4.79 Å². The lowest BCUT2D eigenvalue weighted by atomic mass is 10.1. The Morgan fingerprint density at radius 3 is 2.38 bits per heavy atom. The van der Waals surface area contributed by atoms with Gasteiger partial charge in [0, 0.05) is 18.2 Å². The summed E-state index contributed by atoms with van der Waals surface area (Å²) in [6.07, 6.45) is 1.22. The Labute approximate surface area is 118 Å². The summed E-state index contributed by atoms with van der Waals surface area (Å²) in [5.74, 6) is -5.17. The van der Waals surface area contributed by atoms with Crippen LogP contribution in [0.4, 0.5) is 23.7 Å². The predicted octanol–water partition coefficient (Wildman–Crippen LogP) is 2.48. The average Bonchev–Trinajstić information content (AvgIpc) is 2.84. The number of hydrogen-bond acceptors (Lipinski definition) is 2. The van der Waals surface area contributed by atoms with E-state index in [0.717, 1.165) is 0 Å². The van der Waals surface area contributed by atoms with Crippen LogP contribution in [0, 0.1) is 23.4 Å². The van der Waals surface area contributed by atoms with Gasteiger partial charge in [-0.25, -0.2) is 18.0 Å². The van der Waals surface area contributed by atoms with Crippen LogP contribution >= 0.6 is 0 Å². The van der Waals surface area contributed by atoms with Crippen LogP contribution in [0.2, 0.25) is 0 Å². The summed E-state index contributed by atoms with van der Waals surface area (Å²) in [5.41, 5.74) is -0.487. The van der Waals surface area contributed by atoms with Crippen molar-refractivity contribution in [1.82, 2.24) is 5.32 Å². The zero-order valence-electron chi connectivity index (χ0n) is 10.8. The molecule has 1 aliphatic rings. The minimum absolute atomic E-state index is 0.281. The van der Waals surface area contributed by atoms with Crippen molar-refractivity contribution in [2.75, 3.05) is 5.32 Å². The van der Waals surface area contributed by atoms with Crippen molar-refractivity contribution < 1.29 is 27.9 Å². The molecule has 1 aromatic carbocycles. The van der Waals surface area contributed by atoms with Gasteiger partial charge >= 0.3 is 12.0 Å². The van der Waals surface area contributed by atoms with Gasteiger partial charge in [0.25, 0.3) is 0 Å². The zero-order valence-corrected chi connectivity index (χ0v) is 10.8. The first kappa shape index (κ1) is 15.1. The van der Waals surface area contributed by atoms with Gasteiger partial charge in [0.1, 0.15) is 5.82 Å². The standard InChI is InChI=1S/C13H13F3N2O3/c14-8-4-10(16)11(5-9(8)15)18-13(21)17-7-2-1-6(3-7)12(19)20/h4-7H,1-3H2,(H,19,20)(H2,17,18,21)/t6-,7+/m1/s1. The van der Waals surface area contributed by atoms with Gasteiger partial charge in [-0.1, -0.05) is 0 Å². The molecule has 21 heavy (non-hydrogen) atoms. The number of carbonyl (C=O) groups is 2. The van der Waals surface area contributed by atoms with Crippen LogP contribution in [0.15, 0.2) is 12.1 Å². The second-order valence-corrected chi connectivity index (χ2v) is 4.89. The molecule has 5 nitrogen and oxygen atoms in total. The third kappa shape index (κ3) is 3.65. The number of halogens is 3. The summed E-state index contributed by atoms with van der Waals surface area (Å²) in [6.45, 7) is 0. The van der Waals surface area contributed by atoms with Crippen molar-refractivity contribution in [3.63, 3.8) is 0 Å². The predicted molar refractivity (Wildman–Crippen MR) is 67.2 cm³/mol. The number of carboxylic acid groups (broad SMARTS) is 1. The first-order chi connectivity index (χ1) is 9.86. The number of carboxylic acids is 1. The summed E-state index contributed by atoms with van der Waals surface area (Å²) >= 11 is 0. The number of amides is 2. The fourth-order valence-corrected chi connectivity index (χ4v) is 2.30. The maximum Gasteiger partial charge on any atom is 0.319 e. The van der Waals surface area contributed by atoms with Gasteiger partial charge < -0.3 is 15.7 Å². The molecular formula is C13H13F3N2O3. The van der Waals surface area contributed by atoms with E-state index in [9.17, 15) is 22.8 Å². The lowest BCUT2D eigenvalue weighted by Crippen LogP contribution is -2.37. The van der Waals surface area contributed by atoms with E-state index in [1.807, 2.05) is 0 Å². The van der Waals surface area contributed by atoms with E-state index < -0.39 is 41.1 Å². The molecule has 0 radical (unpaired) electrons. The van der Waals surface area contributed by atoms with E-state index in [1.54, 1.807) is 0 Å². The second kappa shape index (κ2) is 6.02. The third-order valence-electron chi connectivity index (χ3n) is 3.38. The zero-order chi connectivity index (χ0) is 15.6. The molecule has 0 aliphatic heterocycles. The maximum atomic E-state index is 13.3. The van der Waals surface area contributed by atoms with Gasteiger partial charge in [0.05, 0.1) is 11.6 Å². The van der Waals surface area contributed by atoms with Crippen molar-refractivity contribution >= 4 is 17.7 Å². The summed E-state index contributed by atoms with van der Waals surface area (Å²) in [6, 6.07) is -0.268. The van der Waals surface area contributed by atoms with Gasteiger partial charge in [-0.05, 0) is 19.3 Å². The van der Waals surface area contributed by atoms with Crippen LogP contribution in [0.1, 0.15) is 19.3 Å². The highest BCUT2D eigenvalue weighted by molar-refractivity contribution is 5.89. The van der Waals surface area contributed by atoms with Crippen molar-refractivity contribution in [1.29, 1.82) is 0 Å². The summed E-state index contributed by atoms with van der Waals surface area (Å²) < 4.78 is 39.1. The van der Waals surface area contributed by atoms with E-state index in [2.05, 4.69) is 10.6 Å². The lowest BCUT2D eigenvalue weighted by Gasteiger charge is -2.14. The molecule has 2 amide bonds. The normalized spacial score (nSPS) is 21.1. The van der Waals surface area contributed by atoms with Gasteiger partial charge in [0.15, 0.2) is 11.6 Å².